The molecule has 0 N–H and O–H groups in total. The molecule has 126 valence electrons. The number of para-hydroxylation sites is 1. The normalized spacial score (nSPS) is 21.1. The first-order valence-corrected chi connectivity index (χ1v) is 7.54. The molecule has 6 nitrogen and oxygen atoms in total. The smallest absolute Gasteiger partial charge is 0.410 e. The predicted octanol–water partition coefficient (Wildman–Crippen LogP) is 1.40. The van der Waals surface area contributed by atoms with E-state index >= 15 is 0 Å². The lowest BCUT2D eigenvalue weighted by molar-refractivity contribution is -0.311. The molecule has 1 heterocycles. The van der Waals surface area contributed by atoms with Gasteiger partial charge in [0.15, 0.2) is 0 Å². The maximum atomic E-state index is 12.2. The van der Waals surface area contributed by atoms with Gasteiger partial charge in [-0.1, -0.05) is 18.2 Å². The van der Waals surface area contributed by atoms with Gasteiger partial charge in [0.2, 0.25) is 0 Å². The second-order valence-corrected chi connectivity index (χ2v) is 6.66. The van der Waals surface area contributed by atoms with Crippen LogP contribution in [0.3, 0.4) is 0 Å². The van der Waals surface area contributed by atoms with Gasteiger partial charge in [-0.2, -0.15) is 0 Å². The van der Waals surface area contributed by atoms with Crippen LogP contribution in [0.4, 0.5) is 4.79 Å². The van der Waals surface area contributed by atoms with E-state index in [1.54, 1.807) is 26.8 Å². The summed E-state index contributed by atoms with van der Waals surface area (Å²) in [6.45, 7) is 5.65. The SMILES string of the molecule is COc1ccccc1[C@@H]1CN(C(=O)OC(C)(C)C)C[C@H]1C(=O)[O-]. The van der Waals surface area contributed by atoms with Gasteiger partial charge >= 0.3 is 6.09 Å². The Morgan fingerprint density at radius 1 is 1.22 bits per heavy atom. The standard InChI is InChI=1S/C17H23NO5/c1-17(2,3)23-16(21)18-9-12(13(10-18)15(19)20)11-7-5-6-8-14(11)22-4/h5-8,12-13H,9-10H2,1-4H3,(H,19,20)/p-1/t12-,13+/m0/s1. The molecule has 0 bridgehead atoms. The van der Waals surface area contributed by atoms with Crippen molar-refractivity contribution in [2.75, 3.05) is 20.2 Å². The third-order valence-corrected chi connectivity index (χ3v) is 3.81. The molecule has 2 rings (SSSR count). The zero-order valence-electron chi connectivity index (χ0n) is 13.9. The summed E-state index contributed by atoms with van der Waals surface area (Å²) in [5, 5.41) is 11.5. The lowest BCUT2D eigenvalue weighted by Crippen LogP contribution is -2.38. The number of carbonyl (C=O) groups is 2. The number of aliphatic carboxylic acids is 1. The Labute approximate surface area is 136 Å². The highest BCUT2D eigenvalue weighted by Gasteiger charge is 2.39. The van der Waals surface area contributed by atoms with Crippen molar-refractivity contribution >= 4 is 12.1 Å². The lowest BCUT2D eigenvalue weighted by atomic mass is 9.88. The summed E-state index contributed by atoms with van der Waals surface area (Å²) < 4.78 is 10.6. The number of amides is 1. The second-order valence-electron chi connectivity index (χ2n) is 6.66. The molecule has 0 spiro atoms. The van der Waals surface area contributed by atoms with Gasteiger partial charge in [0.25, 0.3) is 0 Å². The molecule has 23 heavy (non-hydrogen) atoms. The summed E-state index contributed by atoms with van der Waals surface area (Å²) in [5.74, 6) is -1.75. The van der Waals surface area contributed by atoms with Crippen LogP contribution < -0.4 is 9.84 Å². The van der Waals surface area contributed by atoms with Crippen molar-refractivity contribution in [3.63, 3.8) is 0 Å². The molecule has 0 aromatic heterocycles. The van der Waals surface area contributed by atoms with Crippen LogP contribution in [0.25, 0.3) is 0 Å². The van der Waals surface area contributed by atoms with Crippen LogP contribution in [0, 0.1) is 5.92 Å². The monoisotopic (exact) mass is 320 g/mol. The van der Waals surface area contributed by atoms with Crippen molar-refractivity contribution in [2.45, 2.75) is 32.3 Å². The Balaban J connectivity index is 2.25. The van der Waals surface area contributed by atoms with E-state index in [4.69, 9.17) is 9.47 Å². The minimum absolute atomic E-state index is 0.0694. The number of methoxy groups -OCH3 is 1. The number of likely N-dealkylation sites (tertiary alicyclic amines) is 1. The van der Waals surface area contributed by atoms with Gasteiger partial charge in [-0.3, -0.25) is 0 Å². The van der Waals surface area contributed by atoms with Crippen molar-refractivity contribution in [3.8, 4) is 5.75 Å². The number of hydrogen-bond donors (Lipinski definition) is 0. The molecule has 2 atom stereocenters. The quantitative estimate of drug-likeness (QED) is 0.841. The largest absolute Gasteiger partial charge is 0.550 e. The number of carboxylic acid groups (broad SMARTS) is 1. The number of hydrogen-bond acceptors (Lipinski definition) is 5. The zero-order chi connectivity index (χ0) is 17.2. The summed E-state index contributed by atoms with van der Waals surface area (Å²) in [4.78, 5) is 25.1. The molecule has 1 fully saturated rings. The van der Waals surface area contributed by atoms with Crippen LogP contribution in [0.1, 0.15) is 32.3 Å². The van der Waals surface area contributed by atoms with Gasteiger partial charge < -0.3 is 24.3 Å². The molecule has 0 unspecified atom stereocenters. The van der Waals surface area contributed by atoms with Crippen molar-refractivity contribution in [1.29, 1.82) is 0 Å². The first kappa shape index (κ1) is 17.1. The molecule has 1 aliphatic heterocycles. The summed E-state index contributed by atoms with van der Waals surface area (Å²) in [7, 11) is 1.54. The van der Waals surface area contributed by atoms with Crippen molar-refractivity contribution in [3.05, 3.63) is 29.8 Å². The van der Waals surface area contributed by atoms with E-state index in [9.17, 15) is 14.7 Å². The van der Waals surface area contributed by atoms with E-state index in [1.807, 2.05) is 18.2 Å². The van der Waals surface area contributed by atoms with E-state index in [0.29, 0.717) is 5.75 Å². The molecule has 0 saturated carbocycles. The number of carboxylic acids is 1. The van der Waals surface area contributed by atoms with Crippen LogP contribution in [-0.2, 0) is 9.53 Å². The molecule has 1 aromatic rings. The van der Waals surface area contributed by atoms with Crippen LogP contribution in [0.5, 0.6) is 5.75 Å². The highest BCUT2D eigenvalue weighted by molar-refractivity contribution is 5.75. The molecule has 1 amide bonds. The summed E-state index contributed by atoms with van der Waals surface area (Å²) in [5.41, 5.74) is 0.131. The van der Waals surface area contributed by atoms with E-state index in [-0.39, 0.29) is 19.0 Å². The Morgan fingerprint density at radius 2 is 1.87 bits per heavy atom. The fraction of sp³-hybridized carbons (Fsp3) is 0.529. The Kier molecular flexibility index (Phi) is 4.82. The average Bonchev–Trinajstić information content (AvgIpc) is 2.90. The molecular weight excluding hydrogens is 298 g/mol. The van der Waals surface area contributed by atoms with Crippen LogP contribution in [0.15, 0.2) is 24.3 Å². The van der Waals surface area contributed by atoms with E-state index in [0.717, 1.165) is 5.56 Å². The molecule has 0 radical (unpaired) electrons. The number of rotatable bonds is 3. The van der Waals surface area contributed by atoms with E-state index < -0.39 is 23.6 Å². The summed E-state index contributed by atoms with van der Waals surface area (Å²) in [6.07, 6.45) is -0.513. The fourth-order valence-corrected chi connectivity index (χ4v) is 2.81. The Hall–Kier alpha value is -2.24. The number of benzene rings is 1. The highest BCUT2D eigenvalue weighted by Crippen LogP contribution is 2.37. The summed E-state index contributed by atoms with van der Waals surface area (Å²) >= 11 is 0. The van der Waals surface area contributed by atoms with E-state index in [1.165, 1.54) is 12.0 Å². The topological polar surface area (TPSA) is 78.9 Å². The minimum Gasteiger partial charge on any atom is -0.550 e. The maximum absolute atomic E-state index is 12.2. The van der Waals surface area contributed by atoms with Gasteiger partial charge in [0.05, 0.1) is 7.11 Å². The third kappa shape index (κ3) is 3.94. The van der Waals surface area contributed by atoms with Gasteiger partial charge in [-0.15, -0.1) is 0 Å². The first-order valence-electron chi connectivity index (χ1n) is 7.54. The Bertz CT molecular complexity index is 593. The average molecular weight is 320 g/mol. The molecular formula is C17H22NO5-. The fourth-order valence-electron chi connectivity index (χ4n) is 2.81. The predicted molar refractivity (Wildman–Crippen MR) is 82.0 cm³/mol. The van der Waals surface area contributed by atoms with Gasteiger partial charge in [0.1, 0.15) is 11.4 Å². The van der Waals surface area contributed by atoms with Crippen molar-refractivity contribution in [2.24, 2.45) is 5.92 Å². The molecule has 1 aliphatic rings. The second kappa shape index (κ2) is 6.48. The van der Waals surface area contributed by atoms with Crippen LogP contribution >= 0.6 is 0 Å². The summed E-state index contributed by atoms with van der Waals surface area (Å²) in [6, 6.07) is 7.23. The van der Waals surface area contributed by atoms with Crippen LogP contribution in [-0.4, -0.2) is 42.8 Å². The van der Waals surface area contributed by atoms with Crippen molar-refractivity contribution < 1.29 is 24.2 Å². The molecule has 6 heteroatoms. The number of carbonyl (C=O) groups excluding carboxylic acids is 2. The lowest BCUT2D eigenvalue weighted by Gasteiger charge is -2.24. The number of ether oxygens (including phenoxy) is 2. The van der Waals surface area contributed by atoms with Gasteiger partial charge in [-0.25, -0.2) is 4.79 Å². The first-order chi connectivity index (χ1) is 10.7. The Morgan fingerprint density at radius 3 is 2.43 bits per heavy atom. The zero-order valence-corrected chi connectivity index (χ0v) is 13.9. The molecule has 1 saturated heterocycles. The highest BCUT2D eigenvalue weighted by atomic mass is 16.6. The van der Waals surface area contributed by atoms with Crippen molar-refractivity contribution in [1.82, 2.24) is 4.90 Å². The number of nitrogens with zero attached hydrogens (tertiary/aromatic N) is 1. The van der Waals surface area contributed by atoms with Gasteiger partial charge in [-0.05, 0) is 32.4 Å². The van der Waals surface area contributed by atoms with E-state index in [2.05, 4.69) is 0 Å². The molecule has 1 aromatic carbocycles. The maximum Gasteiger partial charge on any atom is 0.410 e. The third-order valence-electron chi connectivity index (χ3n) is 3.81. The minimum atomic E-state index is -1.17. The van der Waals surface area contributed by atoms with Gasteiger partial charge in [0, 0.05) is 30.9 Å². The van der Waals surface area contributed by atoms with Crippen LogP contribution in [0.2, 0.25) is 0 Å². The molecule has 0 aliphatic carbocycles.